The summed E-state index contributed by atoms with van der Waals surface area (Å²) >= 11 is 0. The molecule has 0 aliphatic carbocycles. The van der Waals surface area contributed by atoms with Crippen LogP contribution in [0.4, 0.5) is 10.5 Å². The van der Waals surface area contributed by atoms with Crippen LogP contribution in [-0.4, -0.2) is 45.0 Å². The van der Waals surface area contributed by atoms with Gasteiger partial charge in [-0.2, -0.15) is 4.31 Å². The number of sulfonamides is 1. The highest BCUT2D eigenvalue weighted by atomic mass is 32.2. The van der Waals surface area contributed by atoms with Crippen LogP contribution in [0.15, 0.2) is 53.4 Å². The predicted octanol–water partition coefficient (Wildman–Crippen LogP) is 4.01. The third-order valence-corrected chi connectivity index (χ3v) is 7.41. The lowest BCUT2D eigenvalue weighted by Crippen LogP contribution is -2.39. The largest absolute Gasteiger partial charge is 0.494 e. The minimum Gasteiger partial charge on any atom is -0.494 e. The summed E-state index contributed by atoms with van der Waals surface area (Å²) in [7, 11) is -3.43. The molecule has 1 aliphatic heterocycles. The first-order valence-electron chi connectivity index (χ1n) is 10.7. The van der Waals surface area contributed by atoms with Gasteiger partial charge in [-0.15, -0.1) is 0 Å². The summed E-state index contributed by atoms with van der Waals surface area (Å²) in [6, 6.07) is 14.0. The van der Waals surface area contributed by atoms with E-state index in [9.17, 15) is 13.2 Å². The van der Waals surface area contributed by atoms with Gasteiger partial charge < -0.3 is 15.4 Å². The van der Waals surface area contributed by atoms with Crippen molar-refractivity contribution in [3.63, 3.8) is 0 Å². The average molecular weight is 446 g/mol. The van der Waals surface area contributed by atoms with Crippen molar-refractivity contribution in [2.24, 2.45) is 5.92 Å². The Balaban J connectivity index is 1.39. The molecule has 2 aromatic carbocycles. The molecule has 0 atom stereocenters. The van der Waals surface area contributed by atoms with Crippen molar-refractivity contribution >= 4 is 21.7 Å². The summed E-state index contributed by atoms with van der Waals surface area (Å²) in [6.45, 7) is 6.04. The normalized spacial score (nSPS) is 15.4. The van der Waals surface area contributed by atoms with Crippen LogP contribution in [-0.2, 0) is 10.0 Å². The van der Waals surface area contributed by atoms with Gasteiger partial charge in [0, 0.05) is 25.3 Å². The Hall–Kier alpha value is -2.58. The maximum absolute atomic E-state index is 12.8. The van der Waals surface area contributed by atoms with Gasteiger partial charge in [-0.3, -0.25) is 0 Å². The Bertz CT molecular complexity index is 951. The lowest BCUT2D eigenvalue weighted by Gasteiger charge is -2.31. The molecule has 8 heteroatoms. The number of piperidine rings is 1. The van der Waals surface area contributed by atoms with Crippen LogP contribution in [0.1, 0.15) is 31.7 Å². The molecule has 168 valence electrons. The lowest BCUT2D eigenvalue weighted by atomic mass is 9.95. The van der Waals surface area contributed by atoms with E-state index >= 15 is 0 Å². The van der Waals surface area contributed by atoms with Crippen molar-refractivity contribution in [1.82, 2.24) is 9.62 Å². The standard InChI is InChI=1S/C23H31N3O4S/c1-3-30-21-8-6-20(7-9-21)25-23(27)24-15-12-19-13-16-26(17-14-19)31(28,29)22-10-4-18(2)5-11-22/h4-11,19H,3,12-17H2,1-2H3,(H2,24,25,27). The number of aryl methyl sites for hydroxylation is 1. The van der Waals surface area contributed by atoms with Crippen molar-refractivity contribution in [2.75, 3.05) is 31.6 Å². The first kappa shape index (κ1) is 23.1. The van der Waals surface area contributed by atoms with E-state index in [-0.39, 0.29) is 6.03 Å². The Kier molecular flexibility index (Phi) is 7.92. The molecule has 2 aromatic rings. The molecule has 0 saturated carbocycles. The van der Waals surface area contributed by atoms with E-state index in [1.807, 2.05) is 38.1 Å². The third-order valence-electron chi connectivity index (χ3n) is 5.49. The Morgan fingerprint density at radius 2 is 1.71 bits per heavy atom. The minimum atomic E-state index is -3.43. The minimum absolute atomic E-state index is 0.247. The number of urea groups is 1. The molecule has 1 heterocycles. The molecule has 1 fully saturated rings. The van der Waals surface area contributed by atoms with Crippen molar-refractivity contribution in [3.8, 4) is 5.75 Å². The number of ether oxygens (including phenoxy) is 1. The number of rotatable bonds is 8. The zero-order chi connectivity index (χ0) is 22.3. The van der Waals surface area contributed by atoms with E-state index in [0.717, 1.165) is 30.6 Å². The van der Waals surface area contributed by atoms with Gasteiger partial charge in [0.1, 0.15) is 5.75 Å². The summed E-state index contributed by atoms with van der Waals surface area (Å²) in [5.41, 5.74) is 1.74. The number of carbonyl (C=O) groups excluding carboxylic acids is 1. The fourth-order valence-electron chi connectivity index (χ4n) is 3.66. The number of hydrogen-bond acceptors (Lipinski definition) is 4. The molecular weight excluding hydrogens is 414 g/mol. The number of benzene rings is 2. The molecule has 1 aliphatic rings. The second-order valence-corrected chi connectivity index (χ2v) is 9.73. The quantitative estimate of drug-likeness (QED) is 0.643. The molecule has 2 amide bonds. The van der Waals surface area contributed by atoms with Gasteiger partial charge in [0.15, 0.2) is 0 Å². The van der Waals surface area contributed by atoms with Gasteiger partial charge in [0.05, 0.1) is 11.5 Å². The zero-order valence-electron chi connectivity index (χ0n) is 18.1. The zero-order valence-corrected chi connectivity index (χ0v) is 19.0. The Morgan fingerprint density at radius 3 is 2.32 bits per heavy atom. The van der Waals surface area contributed by atoms with E-state index < -0.39 is 10.0 Å². The number of nitrogens with zero attached hydrogens (tertiary/aromatic N) is 1. The highest BCUT2D eigenvalue weighted by Gasteiger charge is 2.29. The number of anilines is 1. The molecule has 0 unspecified atom stereocenters. The van der Waals surface area contributed by atoms with Gasteiger partial charge >= 0.3 is 6.03 Å². The number of nitrogens with one attached hydrogen (secondary N) is 2. The number of amides is 2. The van der Waals surface area contributed by atoms with E-state index in [1.165, 1.54) is 0 Å². The molecule has 0 spiro atoms. The van der Waals surface area contributed by atoms with Gasteiger partial charge in [0.2, 0.25) is 10.0 Å². The monoisotopic (exact) mass is 445 g/mol. The summed E-state index contributed by atoms with van der Waals surface area (Å²) in [6.07, 6.45) is 2.43. The Labute approximate surface area is 184 Å². The molecule has 31 heavy (non-hydrogen) atoms. The van der Waals surface area contributed by atoms with E-state index in [0.29, 0.717) is 42.7 Å². The van der Waals surface area contributed by atoms with Crippen molar-refractivity contribution in [3.05, 3.63) is 54.1 Å². The fraction of sp³-hybridized carbons (Fsp3) is 0.435. The molecule has 0 radical (unpaired) electrons. The average Bonchev–Trinajstić information content (AvgIpc) is 2.76. The molecule has 0 bridgehead atoms. The molecule has 3 rings (SSSR count). The second-order valence-electron chi connectivity index (χ2n) is 7.79. The summed E-state index contributed by atoms with van der Waals surface area (Å²) in [5.74, 6) is 1.17. The fourth-order valence-corrected chi connectivity index (χ4v) is 5.13. The van der Waals surface area contributed by atoms with Gasteiger partial charge in [0.25, 0.3) is 0 Å². The highest BCUT2D eigenvalue weighted by molar-refractivity contribution is 7.89. The van der Waals surface area contributed by atoms with Crippen LogP contribution in [0.3, 0.4) is 0 Å². The van der Waals surface area contributed by atoms with Crippen molar-refractivity contribution < 1.29 is 17.9 Å². The van der Waals surface area contributed by atoms with E-state index in [2.05, 4.69) is 10.6 Å². The van der Waals surface area contributed by atoms with Crippen LogP contribution in [0.2, 0.25) is 0 Å². The van der Waals surface area contributed by atoms with E-state index in [4.69, 9.17) is 4.74 Å². The number of carbonyl (C=O) groups is 1. The third kappa shape index (κ3) is 6.45. The van der Waals surface area contributed by atoms with Crippen LogP contribution >= 0.6 is 0 Å². The SMILES string of the molecule is CCOc1ccc(NC(=O)NCCC2CCN(S(=O)(=O)c3ccc(C)cc3)CC2)cc1. The maximum atomic E-state index is 12.8. The molecular formula is C23H31N3O4S. The second kappa shape index (κ2) is 10.6. The van der Waals surface area contributed by atoms with Crippen LogP contribution < -0.4 is 15.4 Å². The van der Waals surface area contributed by atoms with Crippen LogP contribution in [0, 0.1) is 12.8 Å². The smallest absolute Gasteiger partial charge is 0.319 e. The molecule has 1 saturated heterocycles. The lowest BCUT2D eigenvalue weighted by molar-refractivity contribution is 0.245. The first-order valence-corrected chi connectivity index (χ1v) is 12.2. The van der Waals surface area contributed by atoms with Crippen LogP contribution in [0.5, 0.6) is 5.75 Å². The van der Waals surface area contributed by atoms with Gasteiger partial charge in [-0.1, -0.05) is 17.7 Å². The Morgan fingerprint density at radius 1 is 1.06 bits per heavy atom. The van der Waals surface area contributed by atoms with Gasteiger partial charge in [-0.25, -0.2) is 13.2 Å². The molecule has 7 nitrogen and oxygen atoms in total. The number of hydrogen-bond donors (Lipinski definition) is 2. The molecule has 0 aromatic heterocycles. The first-order chi connectivity index (χ1) is 14.9. The molecule has 2 N–H and O–H groups in total. The van der Waals surface area contributed by atoms with Crippen molar-refractivity contribution in [2.45, 2.75) is 38.0 Å². The maximum Gasteiger partial charge on any atom is 0.319 e. The highest BCUT2D eigenvalue weighted by Crippen LogP contribution is 2.25. The predicted molar refractivity (Wildman–Crippen MR) is 122 cm³/mol. The van der Waals surface area contributed by atoms with Crippen LogP contribution in [0.25, 0.3) is 0 Å². The van der Waals surface area contributed by atoms with Gasteiger partial charge in [-0.05, 0) is 75.4 Å². The van der Waals surface area contributed by atoms with E-state index in [1.54, 1.807) is 28.6 Å². The summed E-state index contributed by atoms with van der Waals surface area (Å²) < 4.78 is 32.5. The topological polar surface area (TPSA) is 87.7 Å². The summed E-state index contributed by atoms with van der Waals surface area (Å²) in [4.78, 5) is 12.4. The summed E-state index contributed by atoms with van der Waals surface area (Å²) in [5, 5.41) is 5.68. The van der Waals surface area contributed by atoms with Crippen molar-refractivity contribution in [1.29, 1.82) is 0 Å².